The standard InChI is InChI=1S/C23H32ClFN2O2/c1-15-6-5-9-20(16(15)2)26-23(29)22(17-10-12-18(25)13-11-17)27(21(28)14-24)19-7-3-4-8-19/h10-13,15-16,19-20,22H,3-9,14H2,1-2H3,(H,26,29)/t15-,16-,20+,22+/m1/s1. The van der Waals surface area contributed by atoms with Gasteiger partial charge in [-0.1, -0.05) is 51.7 Å². The molecule has 0 aromatic heterocycles. The van der Waals surface area contributed by atoms with Crippen LogP contribution in [0.2, 0.25) is 0 Å². The lowest BCUT2D eigenvalue weighted by Crippen LogP contribution is -2.52. The van der Waals surface area contributed by atoms with E-state index >= 15 is 0 Å². The summed E-state index contributed by atoms with van der Waals surface area (Å²) in [6, 6.07) is 5.20. The maximum Gasteiger partial charge on any atom is 0.247 e. The first-order chi connectivity index (χ1) is 13.9. The van der Waals surface area contributed by atoms with Crippen molar-refractivity contribution in [2.75, 3.05) is 5.88 Å². The first kappa shape index (κ1) is 22.1. The molecule has 0 heterocycles. The number of nitrogens with one attached hydrogen (secondary N) is 1. The number of hydrogen-bond donors (Lipinski definition) is 1. The summed E-state index contributed by atoms with van der Waals surface area (Å²) in [4.78, 5) is 28.0. The van der Waals surface area contributed by atoms with Crippen molar-refractivity contribution < 1.29 is 14.0 Å². The van der Waals surface area contributed by atoms with Gasteiger partial charge in [0.2, 0.25) is 11.8 Å². The van der Waals surface area contributed by atoms with Crippen LogP contribution in [-0.4, -0.2) is 34.7 Å². The molecule has 4 atom stereocenters. The SMILES string of the molecule is C[C@@H]1[C@H](C)CCC[C@@H]1NC(=O)[C@H](c1ccc(F)cc1)N(C(=O)CCl)C1CCCC1. The highest BCUT2D eigenvalue weighted by Gasteiger charge is 2.39. The number of halogens is 2. The number of alkyl halides is 1. The number of hydrogen-bond acceptors (Lipinski definition) is 2. The molecular formula is C23H32ClFN2O2. The number of nitrogens with zero attached hydrogens (tertiary/aromatic N) is 1. The van der Waals surface area contributed by atoms with Crippen molar-refractivity contribution in [3.05, 3.63) is 35.6 Å². The van der Waals surface area contributed by atoms with Gasteiger partial charge in [-0.05, 0) is 48.8 Å². The number of rotatable bonds is 6. The van der Waals surface area contributed by atoms with E-state index in [1.807, 2.05) is 0 Å². The molecule has 4 nitrogen and oxygen atoms in total. The van der Waals surface area contributed by atoms with Crippen LogP contribution in [0.3, 0.4) is 0 Å². The lowest BCUT2D eigenvalue weighted by Gasteiger charge is -2.39. The minimum atomic E-state index is -0.783. The number of amides is 2. The smallest absolute Gasteiger partial charge is 0.247 e. The summed E-state index contributed by atoms with van der Waals surface area (Å²) >= 11 is 5.94. The first-order valence-electron chi connectivity index (χ1n) is 10.8. The Labute approximate surface area is 178 Å². The van der Waals surface area contributed by atoms with Gasteiger partial charge >= 0.3 is 0 Å². The largest absolute Gasteiger partial charge is 0.351 e. The molecule has 0 radical (unpaired) electrons. The molecule has 3 rings (SSSR count). The fourth-order valence-electron chi connectivity index (χ4n) is 4.94. The molecule has 2 aliphatic rings. The molecule has 1 aromatic rings. The zero-order chi connectivity index (χ0) is 21.0. The molecule has 0 aliphatic heterocycles. The van der Waals surface area contributed by atoms with Crippen LogP contribution < -0.4 is 5.32 Å². The molecule has 29 heavy (non-hydrogen) atoms. The monoisotopic (exact) mass is 422 g/mol. The van der Waals surface area contributed by atoms with Crippen LogP contribution in [0, 0.1) is 17.7 Å². The van der Waals surface area contributed by atoms with Gasteiger partial charge in [-0.15, -0.1) is 11.6 Å². The van der Waals surface area contributed by atoms with Crippen LogP contribution in [0.15, 0.2) is 24.3 Å². The Morgan fingerprint density at radius 1 is 1.10 bits per heavy atom. The Hall–Kier alpha value is -1.62. The maximum atomic E-state index is 13.5. The summed E-state index contributed by atoms with van der Waals surface area (Å²) in [6.07, 6.45) is 7.00. The molecule has 0 bridgehead atoms. The average molecular weight is 423 g/mol. The molecule has 160 valence electrons. The molecule has 2 amide bonds. The van der Waals surface area contributed by atoms with Gasteiger partial charge < -0.3 is 10.2 Å². The molecule has 2 saturated carbocycles. The third kappa shape index (κ3) is 5.11. The van der Waals surface area contributed by atoms with Gasteiger partial charge in [0, 0.05) is 12.1 Å². The fraction of sp³-hybridized carbons (Fsp3) is 0.652. The van der Waals surface area contributed by atoms with E-state index in [0.29, 0.717) is 17.4 Å². The Balaban J connectivity index is 1.91. The van der Waals surface area contributed by atoms with Crippen molar-refractivity contribution in [1.29, 1.82) is 0 Å². The van der Waals surface area contributed by atoms with Crippen LogP contribution >= 0.6 is 11.6 Å². The number of benzene rings is 1. The van der Waals surface area contributed by atoms with Gasteiger partial charge in [0.15, 0.2) is 0 Å². The molecule has 0 saturated heterocycles. The lowest BCUT2D eigenvalue weighted by atomic mass is 9.78. The molecule has 2 fully saturated rings. The van der Waals surface area contributed by atoms with Gasteiger partial charge in [0.25, 0.3) is 0 Å². The second-order valence-corrected chi connectivity index (χ2v) is 8.98. The van der Waals surface area contributed by atoms with Gasteiger partial charge in [0.1, 0.15) is 17.7 Å². The molecule has 0 unspecified atom stereocenters. The Morgan fingerprint density at radius 2 is 1.76 bits per heavy atom. The molecule has 1 N–H and O–H groups in total. The lowest BCUT2D eigenvalue weighted by molar-refractivity contribution is -0.142. The average Bonchev–Trinajstić information content (AvgIpc) is 3.24. The summed E-state index contributed by atoms with van der Waals surface area (Å²) in [5, 5.41) is 3.23. The number of carbonyl (C=O) groups excluding carboxylic acids is 2. The Kier molecular flexibility index (Phi) is 7.55. The highest BCUT2D eigenvalue weighted by atomic mass is 35.5. The minimum Gasteiger partial charge on any atom is -0.351 e. The molecule has 2 aliphatic carbocycles. The van der Waals surface area contributed by atoms with Crippen LogP contribution in [0.25, 0.3) is 0 Å². The fourth-order valence-corrected chi connectivity index (χ4v) is 5.08. The first-order valence-corrected chi connectivity index (χ1v) is 11.4. The summed E-state index contributed by atoms with van der Waals surface area (Å²) in [6.45, 7) is 4.41. The second-order valence-electron chi connectivity index (χ2n) is 8.71. The van der Waals surface area contributed by atoms with E-state index in [9.17, 15) is 14.0 Å². The zero-order valence-electron chi connectivity index (χ0n) is 17.4. The van der Waals surface area contributed by atoms with Crippen molar-refractivity contribution in [3.8, 4) is 0 Å². The van der Waals surface area contributed by atoms with E-state index in [4.69, 9.17) is 11.6 Å². The van der Waals surface area contributed by atoms with E-state index < -0.39 is 6.04 Å². The van der Waals surface area contributed by atoms with Crippen LogP contribution in [0.1, 0.15) is 70.4 Å². The van der Waals surface area contributed by atoms with Crippen molar-refractivity contribution in [2.45, 2.75) is 76.9 Å². The topological polar surface area (TPSA) is 49.4 Å². The molecule has 6 heteroatoms. The highest BCUT2D eigenvalue weighted by molar-refractivity contribution is 6.27. The molecule has 1 aromatic carbocycles. The Morgan fingerprint density at radius 3 is 2.38 bits per heavy atom. The van der Waals surface area contributed by atoms with Crippen LogP contribution in [0.5, 0.6) is 0 Å². The van der Waals surface area contributed by atoms with E-state index in [0.717, 1.165) is 38.5 Å². The van der Waals surface area contributed by atoms with Crippen LogP contribution in [0.4, 0.5) is 4.39 Å². The zero-order valence-corrected chi connectivity index (χ0v) is 18.1. The van der Waals surface area contributed by atoms with Crippen molar-refractivity contribution in [2.24, 2.45) is 11.8 Å². The summed E-state index contributed by atoms with van der Waals surface area (Å²) < 4.78 is 13.5. The van der Waals surface area contributed by atoms with E-state index in [1.54, 1.807) is 17.0 Å². The van der Waals surface area contributed by atoms with E-state index in [1.165, 1.54) is 18.6 Å². The van der Waals surface area contributed by atoms with Crippen molar-refractivity contribution in [1.82, 2.24) is 10.2 Å². The molecule has 0 spiro atoms. The second kappa shape index (κ2) is 9.92. The van der Waals surface area contributed by atoms with Gasteiger partial charge in [-0.25, -0.2) is 4.39 Å². The quantitative estimate of drug-likeness (QED) is 0.668. The van der Waals surface area contributed by atoms with E-state index in [2.05, 4.69) is 19.2 Å². The third-order valence-corrected chi connectivity index (χ3v) is 7.10. The van der Waals surface area contributed by atoms with Gasteiger partial charge in [0.05, 0.1) is 0 Å². The van der Waals surface area contributed by atoms with Gasteiger partial charge in [-0.2, -0.15) is 0 Å². The number of carbonyl (C=O) groups is 2. The van der Waals surface area contributed by atoms with Gasteiger partial charge in [-0.3, -0.25) is 9.59 Å². The summed E-state index contributed by atoms with van der Waals surface area (Å²) in [5.74, 6) is -0.0306. The minimum absolute atomic E-state index is 0.00949. The normalized spacial score (nSPS) is 26.1. The van der Waals surface area contributed by atoms with Crippen LogP contribution in [-0.2, 0) is 9.59 Å². The highest BCUT2D eigenvalue weighted by Crippen LogP contribution is 2.34. The molecular weight excluding hydrogens is 391 g/mol. The Bertz CT molecular complexity index is 705. The third-order valence-electron chi connectivity index (χ3n) is 6.87. The van der Waals surface area contributed by atoms with Crippen molar-refractivity contribution in [3.63, 3.8) is 0 Å². The summed E-state index contributed by atoms with van der Waals surface area (Å²) in [5.41, 5.74) is 0.630. The maximum absolute atomic E-state index is 13.5. The van der Waals surface area contributed by atoms with E-state index in [-0.39, 0.29) is 35.6 Å². The predicted octanol–water partition coefficient (Wildman–Crippen LogP) is 4.82. The summed E-state index contributed by atoms with van der Waals surface area (Å²) in [7, 11) is 0. The van der Waals surface area contributed by atoms with Crippen molar-refractivity contribution >= 4 is 23.4 Å². The predicted molar refractivity (Wildman–Crippen MR) is 113 cm³/mol.